The maximum Gasteiger partial charge on any atom is 0.416 e. The number of carbonyl (C=O) groups is 1. The molecule has 2 atom stereocenters. The van der Waals surface area contributed by atoms with Crippen LogP contribution in [0, 0.1) is 5.82 Å². The number of hydrogen-bond acceptors (Lipinski definition) is 2. The summed E-state index contributed by atoms with van der Waals surface area (Å²) in [6.07, 6.45) is -10.5. The van der Waals surface area contributed by atoms with Crippen molar-refractivity contribution in [3.63, 3.8) is 0 Å². The van der Waals surface area contributed by atoms with Crippen LogP contribution >= 0.6 is 15.9 Å². The fraction of sp³-hybridized carbons (Fsp3) is 0.350. The Hall–Kier alpha value is -2.30. The van der Waals surface area contributed by atoms with Crippen molar-refractivity contribution in [1.29, 1.82) is 0 Å². The van der Waals surface area contributed by atoms with E-state index in [1.54, 1.807) is 12.1 Å². The van der Waals surface area contributed by atoms with Crippen LogP contribution in [0.15, 0.2) is 46.9 Å². The van der Waals surface area contributed by atoms with Gasteiger partial charge < -0.3 is 9.64 Å². The van der Waals surface area contributed by atoms with Gasteiger partial charge in [0.1, 0.15) is 11.9 Å². The fourth-order valence-corrected chi connectivity index (χ4v) is 3.72. The second-order valence-corrected chi connectivity index (χ2v) is 7.90. The second kappa shape index (κ2) is 8.68. The van der Waals surface area contributed by atoms with Gasteiger partial charge in [-0.1, -0.05) is 15.9 Å². The topological polar surface area (TPSA) is 29.5 Å². The molecule has 2 aromatic rings. The van der Waals surface area contributed by atoms with E-state index in [4.69, 9.17) is 4.74 Å². The number of ether oxygens (including phenoxy) is 1. The number of cyclic esters (lactones) is 1. The smallest absolute Gasteiger partial charge is 0.416 e. The Morgan fingerprint density at radius 3 is 1.97 bits per heavy atom. The third-order valence-electron chi connectivity index (χ3n) is 4.85. The lowest BCUT2D eigenvalue weighted by Crippen LogP contribution is -2.27. The molecule has 0 spiro atoms. The summed E-state index contributed by atoms with van der Waals surface area (Å²) in [5.74, 6) is -0.201. The molecule has 2 aliphatic heterocycles. The van der Waals surface area contributed by atoms with Gasteiger partial charge in [-0.15, -0.1) is 0 Å². The fourth-order valence-electron chi connectivity index (χ4n) is 3.45. The number of halogens is 8. The Labute approximate surface area is 180 Å². The number of fused-ring (bicyclic) bond motifs is 1. The predicted octanol–water partition coefficient (Wildman–Crippen LogP) is 6.97. The van der Waals surface area contributed by atoms with E-state index in [-0.39, 0.29) is 17.4 Å². The summed E-state index contributed by atoms with van der Waals surface area (Å²) in [5, 5.41) is 0. The van der Waals surface area contributed by atoms with Crippen molar-refractivity contribution in [2.24, 2.45) is 0 Å². The summed E-state index contributed by atoms with van der Waals surface area (Å²) in [7, 11) is 0. The number of benzene rings is 2. The van der Waals surface area contributed by atoms with Crippen molar-refractivity contribution in [2.75, 3.05) is 6.54 Å². The first-order chi connectivity index (χ1) is 14.4. The van der Waals surface area contributed by atoms with Gasteiger partial charge in [0.05, 0.1) is 17.2 Å². The van der Waals surface area contributed by atoms with Gasteiger partial charge in [0.25, 0.3) is 0 Å². The maximum absolute atomic E-state index is 12.9. The van der Waals surface area contributed by atoms with Crippen molar-refractivity contribution in [1.82, 2.24) is 4.90 Å². The zero-order chi connectivity index (χ0) is 23.0. The Morgan fingerprint density at radius 1 is 0.935 bits per heavy atom. The highest BCUT2D eigenvalue weighted by Gasteiger charge is 2.46. The Balaban J connectivity index is 0.000000287. The molecule has 2 unspecified atom stereocenters. The molecule has 31 heavy (non-hydrogen) atoms. The van der Waals surface area contributed by atoms with E-state index < -0.39 is 41.7 Å². The molecular formula is C20H15BrF7NO2. The Morgan fingerprint density at radius 2 is 1.48 bits per heavy atom. The van der Waals surface area contributed by atoms with Crippen LogP contribution < -0.4 is 0 Å². The first-order valence-corrected chi connectivity index (χ1v) is 9.83. The third-order valence-corrected chi connectivity index (χ3v) is 5.38. The average molecular weight is 514 g/mol. The van der Waals surface area contributed by atoms with Crippen LogP contribution in [0.3, 0.4) is 0 Å². The lowest BCUT2D eigenvalue weighted by molar-refractivity contribution is -0.143. The SMILES string of the molecule is Fc1ccc(Br)cc1.O=C1OC(c2cc(C(F)(F)F)cc(C(F)(F)F)c2)C2CCCN12. The lowest BCUT2D eigenvalue weighted by Gasteiger charge is -2.20. The zero-order valence-corrected chi connectivity index (χ0v) is 17.2. The van der Waals surface area contributed by atoms with Crippen LogP contribution in [-0.2, 0) is 17.1 Å². The lowest BCUT2D eigenvalue weighted by atomic mass is 9.96. The highest BCUT2D eigenvalue weighted by Crippen LogP contribution is 2.43. The van der Waals surface area contributed by atoms with E-state index in [2.05, 4.69) is 15.9 Å². The van der Waals surface area contributed by atoms with Gasteiger partial charge in [0.15, 0.2) is 0 Å². The largest absolute Gasteiger partial charge is 0.439 e. The van der Waals surface area contributed by atoms with Crippen molar-refractivity contribution >= 4 is 22.0 Å². The van der Waals surface area contributed by atoms with Crippen molar-refractivity contribution in [3.8, 4) is 0 Å². The summed E-state index contributed by atoms with van der Waals surface area (Å²) in [6, 6.07) is 6.92. The van der Waals surface area contributed by atoms with Crippen molar-refractivity contribution in [3.05, 3.63) is 69.4 Å². The van der Waals surface area contributed by atoms with Crippen LogP contribution in [-0.4, -0.2) is 23.6 Å². The second-order valence-electron chi connectivity index (χ2n) is 6.98. The quantitative estimate of drug-likeness (QED) is 0.385. The van der Waals surface area contributed by atoms with Gasteiger partial charge in [0.2, 0.25) is 0 Å². The van der Waals surface area contributed by atoms with Crippen LogP contribution in [0.2, 0.25) is 0 Å². The minimum absolute atomic E-state index is 0.0622. The number of alkyl halides is 6. The standard InChI is InChI=1S/C14H11F6NO2.C6H4BrF/c15-13(16,17)8-4-7(5-9(6-8)14(18,19)20)11-10-2-1-3-21(10)12(22)23-11;7-5-1-3-6(8)4-2-5/h4-6,10-11H,1-3H2;1-4H. The first-order valence-electron chi connectivity index (χ1n) is 9.04. The monoisotopic (exact) mass is 513 g/mol. The number of carbonyl (C=O) groups excluding carboxylic acids is 1. The molecule has 2 aromatic carbocycles. The molecule has 2 aliphatic rings. The van der Waals surface area contributed by atoms with Crippen LogP contribution in [0.25, 0.3) is 0 Å². The highest BCUT2D eigenvalue weighted by atomic mass is 79.9. The molecule has 168 valence electrons. The molecule has 1 amide bonds. The average Bonchev–Trinajstić information content (AvgIpc) is 3.27. The molecule has 0 aliphatic carbocycles. The molecule has 2 fully saturated rings. The van der Waals surface area contributed by atoms with Crippen LogP contribution in [0.5, 0.6) is 0 Å². The molecule has 0 aromatic heterocycles. The summed E-state index contributed by atoms with van der Waals surface area (Å²) < 4.78 is 95.3. The van der Waals surface area contributed by atoms with Crippen molar-refractivity contribution in [2.45, 2.75) is 37.3 Å². The molecule has 11 heteroatoms. The van der Waals surface area contributed by atoms with Gasteiger partial charge in [0, 0.05) is 11.0 Å². The van der Waals surface area contributed by atoms with E-state index >= 15 is 0 Å². The molecule has 3 nitrogen and oxygen atoms in total. The van der Waals surface area contributed by atoms with Gasteiger partial charge in [-0.2, -0.15) is 26.3 Å². The van der Waals surface area contributed by atoms with Gasteiger partial charge in [-0.3, -0.25) is 0 Å². The van der Waals surface area contributed by atoms with E-state index in [0.717, 1.165) is 4.47 Å². The Bertz CT molecular complexity index is 891. The van der Waals surface area contributed by atoms with Gasteiger partial charge in [-0.25, -0.2) is 9.18 Å². The van der Waals surface area contributed by atoms with Crippen LogP contribution in [0.4, 0.5) is 35.5 Å². The summed E-state index contributed by atoms with van der Waals surface area (Å²) in [5.41, 5.74) is -3.10. The highest BCUT2D eigenvalue weighted by molar-refractivity contribution is 9.10. The van der Waals surface area contributed by atoms with Crippen molar-refractivity contribution < 1.29 is 40.3 Å². The molecule has 2 heterocycles. The molecule has 2 saturated heterocycles. The third kappa shape index (κ3) is 5.50. The molecule has 0 radical (unpaired) electrons. The van der Waals surface area contributed by atoms with E-state index in [9.17, 15) is 35.5 Å². The number of rotatable bonds is 1. The Kier molecular flexibility index (Phi) is 6.54. The molecule has 0 saturated carbocycles. The van der Waals surface area contributed by atoms with Gasteiger partial charge >= 0.3 is 18.4 Å². The number of amides is 1. The van der Waals surface area contributed by atoms with E-state index in [1.807, 2.05) is 0 Å². The summed E-state index contributed by atoms with van der Waals surface area (Å²) >= 11 is 3.18. The first kappa shape index (κ1) is 23.4. The normalized spacial score (nSPS) is 20.8. The molecule has 0 N–H and O–H groups in total. The predicted molar refractivity (Wildman–Crippen MR) is 99.5 cm³/mol. The minimum atomic E-state index is -4.92. The van der Waals surface area contributed by atoms with E-state index in [0.29, 0.717) is 31.5 Å². The zero-order valence-electron chi connectivity index (χ0n) is 15.6. The molecular weight excluding hydrogens is 499 g/mol. The summed E-state index contributed by atoms with van der Waals surface area (Å²) in [6.45, 7) is 0.394. The van der Waals surface area contributed by atoms with Gasteiger partial charge in [-0.05, 0) is 60.9 Å². The molecule has 0 bridgehead atoms. The maximum atomic E-state index is 12.9. The number of nitrogens with zero attached hydrogens (tertiary/aromatic N) is 1. The number of hydrogen-bond donors (Lipinski definition) is 0. The van der Waals surface area contributed by atoms with Crippen LogP contribution in [0.1, 0.15) is 35.6 Å². The summed E-state index contributed by atoms with van der Waals surface area (Å²) in [4.78, 5) is 13.0. The minimum Gasteiger partial charge on any atom is -0.439 e. The van der Waals surface area contributed by atoms with E-state index in [1.165, 1.54) is 17.0 Å². The molecule has 4 rings (SSSR count).